The third-order valence-corrected chi connectivity index (χ3v) is 4.19. The van der Waals surface area contributed by atoms with E-state index in [1.807, 2.05) is 35.9 Å². The highest BCUT2D eigenvalue weighted by atomic mass is 35.5. The molecule has 26 heavy (non-hydrogen) atoms. The van der Waals surface area contributed by atoms with Crippen LogP contribution in [0.1, 0.15) is 28.5 Å². The van der Waals surface area contributed by atoms with Gasteiger partial charge in [0, 0.05) is 16.3 Å². The van der Waals surface area contributed by atoms with Crippen LogP contribution < -0.4 is 4.74 Å². The van der Waals surface area contributed by atoms with Crippen LogP contribution in [0.3, 0.4) is 0 Å². The monoisotopic (exact) mass is 370 g/mol. The van der Waals surface area contributed by atoms with Crippen molar-refractivity contribution in [2.45, 2.75) is 20.5 Å². The summed E-state index contributed by atoms with van der Waals surface area (Å²) in [5, 5.41) is 5.11. The number of ether oxygens (including phenoxy) is 2. The molecule has 6 heteroatoms. The number of esters is 1. The van der Waals surface area contributed by atoms with Gasteiger partial charge in [-0.15, -0.1) is 0 Å². The van der Waals surface area contributed by atoms with Gasteiger partial charge in [0.05, 0.1) is 24.1 Å². The van der Waals surface area contributed by atoms with E-state index in [4.69, 9.17) is 21.1 Å². The molecule has 0 atom stereocenters. The van der Waals surface area contributed by atoms with E-state index in [-0.39, 0.29) is 5.97 Å². The third-order valence-electron chi connectivity index (χ3n) is 3.94. The zero-order chi connectivity index (χ0) is 18.5. The number of benzene rings is 2. The van der Waals surface area contributed by atoms with Crippen LogP contribution in [-0.2, 0) is 11.3 Å². The molecule has 0 aliphatic carbocycles. The molecule has 0 amide bonds. The molecule has 0 N–H and O–H groups in total. The zero-order valence-electron chi connectivity index (χ0n) is 14.6. The summed E-state index contributed by atoms with van der Waals surface area (Å²) in [5.41, 5.74) is 3.42. The predicted octanol–water partition coefficient (Wildman–Crippen LogP) is 4.59. The quantitative estimate of drug-likeness (QED) is 0.595. The number of halogens is 1. The van der Waals surface area contributed by atoms with Crippen molar-refractivity contribution in [2.24, 2.45) is 0 Å². The maximum Gasteiger partial charge on any atom is 0.338 e. The van der Waals surface area contributed by atoms with Gasteiger partial charge in [-0.2, -0.15) is 5.10 Å². The van der Waals surface area contributed by atoms with Crippen molar-refractivity contribution in [1.29, 1.82) is 0 Å². The van der Waals surface area contributed by atoms with E-state index in [1.165, 1.54) is 0 Å². The van der Waals surface area contributed by atoms with Gasteiger partial charge < -0.3 is 9.47 Å². The molecule has 2 aromatic carbocycles. The number of aromatic nitrogens is 2. The van der Waals surface area contributed by atoms with Crippen molar-refractivity contribution in [3.05, 3.63) is 76.6 Å². The Bertz CT molecular complexity index is 886. The lowest BCUT2D eigenvalue weighted by atomic mass is 10.2. The largest absolute Gasteiger partial charge is 0.489 e. The van der Waals surface area contributed by atoms with E-state index in [9.17, 15) is 4.79 Å². The van der Waals surface area contributed by atoms with Crippen LogP contribution in [0, 0.1) is 6.92 Å². The fraction of sp³-hybridized carbons (Fsp3) is 0.200. The van der Waals surface area contributed by atoms with E-state index in [0.29, 0.717) is 29.5 Å². The summed E-state index contributed by atoms with van der Waals surface area (Å²) in [4.78, 5) is 11.7. The number of hydrogen-bond donors (Lipinski definition) is 0. The smallest absolute Gasteiger partial charge is 0.338 e. The molecule has 0 unspecified atom stereocenters. The summed E-state index contributed by atoms with van der Waals surface area (Å²) in [7, 11) is 0. The SMILES string of the molecule is CCOC(=O)c1ccc(OCc2cnn(-c3ccc(Cl)cc3)c2C)cc1. The number of hydrogen-bond acceptors (Lipinski definition) is 4. The van der Waals surface area contributed by atoms with Gasteiger partial charge in [-0.1, -0.05) is 11.6 Å². The minimum absolute atomic E-state index is 0.334. The Morgan fingerprint density at radius 1 is 1.12 bits per heavy atom. The average molecular weight is 371 g/mol. The Hall–Kier alpha value is -2.79. The summed E-state index contributed by atoms with van der Waals surface area (Å²) in [6, 6.07) is 14.4. The van der Waals surface area contributed by atoms with Crippen LogP contribution >= 0.6 is 11.6 Å². The molecule has 3 aromatic rings. The van der Waals surface area contributed by atoms with Gasteiger partial charge in [-0.05, 0) is 62.4 Å². The van der Waals surface area contributed by atoms with Crippen LogP contribution in [-0.4, -0.2) is 22.4 Å². The summed E-state index contributed by atoms with van der Waals surface area (Å²) in [5.74, 6) is 0.343. The number of carbonyl (C=O) groups is 1. The van der Waals surface area contributed by atoms with Gasteiger partial charge >= 0.3 is 5.97 Å². The first-order chi connectivity index (χ1) is 12.6. The zero-order valence-corrected chi connectivity index (χ0v) is 15.4. The third kappa shape index (κ3) is 4.06. The highest BCUT2D eigenvalue weighted by molar-refractivity contribution is 6.30. The molecule has 0 saturated carbocycles. The Kier molecular flexibility index (Phi) is 5.58. The van der Waals surface area contributed by atoms with Crippen molar-refractivity contribution in [3.8, 4) is 11.4 Å². The van der Waals surface area contributed by atoms with Gasteiger partial charge in [0.2, 0.25) is 0 Å². The van der Waals surface area contributed by atoms with Gasteiger partial charge in [-0.3, -0.25) is 0 Å². The number of nitrogens with zero attached hydrogens (tertiary/aromatic N) is 2. The highest BCUT2D eigenvalue weighted by Crippen LogP contribution is 2.19. The second-order valence-electron chi connectivity index (χ2n) is 5.68. The second kappa shape index (κ2) is 8.06. The number of rotatable bonds is 6. The predicted molar refractivity (Wildman–Crippen MR) is 100 cm³/mol. The molecule has 0 fully saturated rings. The topological polar surface area (TPSA) is 53.4 Å². The van der Waals surface area contributed by atoms with Crippen molar-refractivity contribution >= 4 is 17.6 Å². The lowest BCUT2D eigenvalue weighted by molar-refractivity contribution is 0.0526. The molecule has 0 spiro atoms. The number of carbonyl (C=O) groups excluding carboxylic acids is 1. The lowest BCUT2D eigenvalue weighted by Gasteiger charge is -2.08. The molecular weight excluding hydrogens is 352 g/mol. The summed E-state index contributed by atoms with van der Waals surface area (Å²) >= 11 is 5.93. The van der Waals surface area contributed by atoms with E-state index in [1.54, 1.807) is 37.4 Å². The Morgan fingerprint density at radius 3 is 2.46 bits per heavy atom. The summed E-state index contributed by atoms with van der Waals surface area (Å²) in [6.07, 6.45) is 1.79. The van der Waals surface area contributed by atoms with Crippen LogP contribution in [0.4, 0.5) is 0 Å². The fourth-order valence-corrected chi connectivity index (χ4v) is 2.62. The van der Waals surface area contributed by atoms with Crippen LogP contribution in [0.2, 0.25) is 5.02 Å². The van der Waals surface area contributed by atoms with Crippen molar-refractivity contribution in [3.63, 3.8) is 0 Å². The molecule has 5 nitrogen and oxygen atoms in total. The first-order valence-corrected chi connectivity index (χ1v) is 8.65. The molecule has 0 radical (unpaired) electrons. The van der Waals surface area contributed by atoms with Crippen molar-refractivity contribution in [1.82, 2.24) is 9.78 Å². The lowest BCUT2D eigenvalue weighted by Crippen LogP contribution is -2.04. The van der Waals surface area contributed by atoms with E-state index in [2.05, 4.69) is 5.10 Å². The van der Waals surface area contributed by atoms with Crippen LogP contribution in [0.15, 0.2) is 54.7 Å². The molecular formula is C20H19ClN2O3. The Balaban J connectivity index is 1.67. The summed E-state index contributed by atoms with van der Waals surface area (Å²) < 4.78 is 12.6. The highest BCUT2D eigenvalue weighted by Gasteiger charge is 2.10. The standard InChI is InChI=1S/C20H19ClN2O3/c1-3-25-20(24)15-4-10-19(11-5-15)26-13-16-12-22-23(14(16)2)18-8-6-17(21)7-9-18/h4-12H,3,13H2,1-2H3. The molecule has 0 aliphatic heterocycles. The van der Waals surface area contributed by atoms with Crippen molar-refractivity contribution < 1.29 is 14.3 Å². The molecule has 134 valence electrons. The van der Waals surface area contributed by atoms with Gasteiger partial charge in [0.1, 0.15) is 12.4 Å². The average Bonchev–Trinajstić information content (AvgIpc) is 3.02. The molecule has 1 aromatic heterocycles. The maximum absolute atomic E-state index is 11.7. The molecule has 3 rings (SSSR count). The minimum Gasteiger partial charge on any atom is -0.489 e. The summed E-state index contributed by atoms with van der Waals surface area (Å²) in [6.45, 7) is 4.51. The second-order valence-corrected chi connectivity index (χ2v) is 6.11. The van der Waals surface area contributed by atoms with Gasteiger partial charge in [0.25, 0.3) is 0 Å². The Labute approximate surface area is 157 Å². The van der Waals surface area contributed by atoms with E-state index < -0.39 is 0 Å². The first kappa shape index (κ1) is 18.0. The van der Waals surface area contributed by atoms with Gasteiger partial charge in [0.15, 0.2) is 0 Å². The molecule has 1 heterocycles. The van der Waals surface area contributed by atoms with Crippen LogP contribution in [0.25, 0.3) is 5.69 Å². The molecule has 0 bridgehead atoms. The fourth-order valence-electron chi connectivity index (χ4n) is 2.49. The van der Waals surface area contributed by atoms with E-state index >= 15 is 0 Å². The molecule has 0 saturated heterocycles. The minimum atomic E-state index is -0.334. The van der Waals surface area contributed by atoms with E-state index in [0.717, 1.165) is 16.9 Å². The van der Waals surface area contributed by atoms with Crippen LogP contribution in [0.5, 0.6) is 5.75 Å². The Morgan fingerprint density at radius 2 is 1.81 bits per heavy atom. The normalized spacial score (nSPS) is 10.6. The first-order valence-electron chi connectivity index (χ1n) is 8.28. The molecule has 0 aliphatic rings. The maximum atomic E-state index is 11.7. The van der Waals surface area contributed by atoms with Crippen molar-refractivity contribution in [2.75, 3.05) is 6.61 Å². The van der Waals surface area contributed by atoms with Gasteiger partial charge in [-0.25, -0.2) is 9.48 Å².